The van der Waals surface area contributed by atoms with E-state index in [1.165, 1.54) is 26.0 Å². The lowest BCUT2D eigenvalue weighted by atomic mass is 10.00. The smallest absolute Gasteiger partial charge is 0.327 e. The van der Waals surface area contributed by atoms with E-state index in [0.717, 1.165) is 23.9 Å². The summed E-state index contributed by atoms with van der Waals surface area (Å²) in [6.07, 6.45) is -1.38. The molecule has 5 amide bonds. The van der Waals surface area contributed by atoms with Gasteiger partial charge in [0.25, 0.3) is 5.91 Å². The number of carbonyl (C=O) groups is 6. The highest BCUT2D eigenvalue weighted by atomic mass is 32.2. The molecule has 0 fully saturated rings. The number of hydrogen-bond donors (Lipinski definition) is 8. The van der Waals surface area contributed by atoms with Crippen LogP contribution in [0.1, 0.15) is 50.0 Å². The van der Waals surface area contributed by atoms with Gasteiger partial charge >= 0.3 is 5.97 Å². The molecule has 1 aromatic heterocycles. The van der Waals surface area contributed by atoms with Crippen LogP contribution in [-0.2, 0) is 30.4 Å². The quantitative estimate of drug-likeness (QED) is 0.184. The van der Waals surface area contributed by atoms with Crippen molar-refractivity contribution in [2.45, 2.75) is 81.9 Å². The maximum Gasteiger partial charge on any atom is 0.327 e. The van der Waals surface area contributed by atoms with Crippen LogP contribution >= 0.6 is 11.8 Å². The van der Waals surface area contributed by atoms with Crippen LogP contribution in [0.4, 0.5) is 4.39 Å². The van der Waals surface area contributed by atoms with Gasteiger partial charge in [-0.2, -0.15) is 0 Å². The molecule has 50 heavy (non-hydrogen) atoms. The Labute approximate surface area is 291 Å². The summed E-state index contributed by atoms with van der Waals surface area (Å²) in [5.41, 5.74) is 1.28. The molecule has 0 aliphatic carbocycles. The summed E-state index contributed by atoms with van der Waals surface area (Å²) in [6.45, 7) is 6.26. The number of carboxylic acids is 1. The van der Waals surface area contributed by atoms with Gasteiger partial charge in [-0.3, -0.25) is 24.0 Å². The Balaban J connectivity index is 1.80. The zero-order chi connectivity index (χ0) is 36.7. The average Bonchev–Trinajstić information content (AvgIpc) is 3.40. The Kier molecular flexibility index (Phi) is 12.6. The third kappa shape index (κ3) is 9.59. The summed E-state index contributed by atoms with van der Waals surface area (Å²) in [5, 5.41) is 34.1. The number of carbonyl (C=O) groups excluding carboxylic acids is 5. The SMILES string of the molecule is CC(C)C[C@@H]1NC(=O)[C@@H](NC(=O)c2ccc(F)cc2)Cc2c([nH]c3ccccc23)SC[C@@H](C(=O)O)NC(=O)[C@H]([C@@H](C)O)NC(=O)[C@@H](C)NC1=O. The van der Waals surface area contributed by atoms with E-state index in [4.69, 9.17) is 0 Å². The van der Waals surface area contributed by atoms with Gasteiger partial charge in [0.2, 0.25) is 23.6 Å². The number of aliphatic carboxylic acids is 1. The van der Waals surface area contributed by atoms with Crippen molar-refractivity contribution in [3.05, 3.63) is 65.5 Å². The number of H-pyrrole nitrogens is 1. The zero-order valence-corrected chi connectivity index (χ0v) is 28.7. The molecule has 0 saturated heterocycles. The van der Waals surface area contributed by atoms with Gasteiger partial charge in [-0.25, -0.2) is 9.18 Å². The van der Waals surface area contributed by atoms with E-state index >= 15 is 0 Å². The van der Waals surface area contributed by atoms with E-state index in [1.54, 1.807) is 24.3 Å². The van der Waals surface area contributed by atoms with Crippen LogP contribution in [0.25, 0.3) is 10.9 Å². The van der Waals surface area contributed by atoms with Crippen LogP contribution in [0.3, 0.4) is 0 Å². The number of aromatic amines is 1. The average molecular weight is 713 g/mol. The third-order valence-electron chi connectivity index (χ3n) is 8.07. The fraction of sp³-hybridized carbons (Fsp3) is 0.412. The Morgan fingerprint density at radius 2 is 1.60 bits per heavy atom. The van der Waals surface area contributed by atoms with Crippen LogP contribution in [0.2, 0.25) is 0 Å². The van der Waals surface area contributed by atoms with Gasteiger partial charge < -0.3 is 41.8 Å². The first-order valence-corrected chi connectivity index (χ1v) is 17.0. The third-order valence-corrected chi connectivity index (χ3v) is 9.21. The number of halogens is 1. The molecule has 268 valence electrons. The van der Waals surface area contributed by atoms with E-state index < -0.39 is 77.6 Å². The monoisotopic (exact) mass is 712 g/mol. The number of aliphatic hydroxyl groups excluding tert-OH is 1. The summed E-state index contributed by atoms with van der Waals surface area (Å²) in [4.78, 5) is 82.7. The predicted octanol–water partition coefficient (Wildman–Crippen LogP) is 1.22. The number of hydrogen-bond acceptors (Lipinski definition) is 8. The molecule has 0 spiro atoms. The Morgan fingerprint density at radius 3 is 2.24 bits per heavy atom. The summed E-state index contributed by atoms with van der Waals surface area (Å²) in [6, 6.07) is 5.16. The Morgan fingerprint density at radius 1 is 0.920 bits per heavy atom. The van der Waals surface area contributed by atoms with Crippen LogP contribution in [0.5, 0.6) is 0 Å². The van der Waals surface area contributed by atoms with Gasteiger partial charge in [-0.15, -0.1) is 11.8 Å². The fourth-order valence-electron chi connectivity index (χ4n) is 5.40. The van der Waals surface area contributed by atoms with E-state index in [1.807, 2.05) is 13.8 Å². The predicted molar refractivity (Wildman–Crippen MR) is 183 cm³/mol. The van der Waals surface area contributed by atoms with Crippen molar-refractivity contribution >= 4 is 58.2 Å². The van der Waals surface area contributed by atoms with Crippen molar-refractivity contribution < 1.29 is 43.4 Å². The van der Waals surface area contributed by atoms with Crippen molar-refractivity contribution in [1.29, 1.82) is 0 Å². The Hall–Kier alpha value is -4.96. The second kappa shape index (κ2) is 16.6. The van der Waals surface area contributed by atoms with E-state index in [2.05, 4.69) is 31.6 Å². The number of fused-ring (bicyclic) bond motifs is 3. The van der Waals surface area contributed by atoms with Crippen molar-refractivity contribution in [2.75, 3.05) is 5.75 Å². The molecule has 2 heterocycles. The lowest BCUT2D eigenvalue weighted by Crippen LogP contribution is -2.60. The van der Waals surface area contributed by atoms with Gasteiger partial charge in [0, 0.05) is 28.6 Å². The van der Waals surface area contributed by atoms with Gasteiger partial charge in [0.1, 0.15) is 36.0 Å². The van der Waals surface area contributed by atoms with Crippen molar-refractivity contribution in [3.63, 3.8) is 0 Å². The number of amides is 5. The molecule has 3 aromatic rings. The number of carboxylic acid groups (broad SMARTS) is 1. The van der Waals surface area contributed by atoms with Gasteiger partial charge in [-0.05, 0) is 62.1 Å². The topological polar surface area (TPSA) is 219 Å². The van der Waals surface area contributed by atoms with Crippen LogP contribution in [-0.4, -0.2) is 92.8 Å². The molecule has 1 aliphatic heterocycles. The summed E-state index contributed by atoms with van der Waals surface area (Å²) in [5.74, 6) is -6.15. The molecular formula is C34H41FN6O8S. The number of rotatable bonds is 6. The van der Waals surface area contributed by atoms with E-state index in [0.29, 0.717) is 21.5 Å². The van der Waals surface area contributed by atoms with Crippen molar-refractivity contribution in [3.8, 4) is 0 Å². The molecule has 4 rings (SSSR count). The maximum absolute atomic E-state index is 14.1. The first kappa shape index (κ1) is 37.9. The lowest BCUT2D eigenvalue weighted by Gasteiger charge is -2.27. The van der Waals surface area contributed by atoms with Crippen molar-refractivity contribution in [2.24, 2.45) is 5.92 Å². The summed E-state index contributed by atoms with van der Waals surface area (Å²) in [7, 11) is 0. The lowest BCUT2D eigenvalue weighted by molar-refractivity contribution is -0.142. The highest BCUT2D eigenvalue weighted by Crippen LogP contribution is 2.31. The Bertz CT molecular complexity index is 1750. The van der Waals surface area contributed by atoms with E-state index in [-0.39, 0.29) is 30.1 Å². The first-order chi connectivity index (χ1) is 23.6. The molecule has 0 saturated carbocycles. The second-order valence-corrected chi connectivity index (χ2v) is 13.6. The standard InChI is InChI=1S/C34H41FN6O8S/c1-16(2)13-24-30(45)36-17(3)28(43)41-27(18(4)42)32(47)39-26(34(48)49)15-50-33-22(21-7-5-6-8-23(21)40-33)14-25(31(46)38-24)37-29(44)19-9-11-20(35)12-10-19/h5-12,16-18,24-27,40,42H,13-15H2,1-4H3,(H,36,45)(H,37,44)(H,38,46)(H,39,47)(H,41,43)(H,48,49)/t17-,18-,24+,25+,26+,27+/m1/s1. The fourth-order valence-corrected chi connectivity index (χ4v) is 6.51. The number of nitrogens with one attached hydrogen (secondary N) is 6. The molecule has 0 bridgehead atoms. The molecule has 0 unspecified atom stereocenters. The second-order valence-electron chi connectivity index (χ2n) is 12.6. The summed E-state index contributed by atoms with van der Waals surface area (Å²) < 4.78 is 13.6. The minimum atomic E-state index is -1.55. The van der Waals surface area contributed by atoms with Crippen LogP contribution in [0.15, 0.2) is 53.6 Å². The first-order valence-electron chi connectivity index (χ1n) is 16.1. The zero-order valence-electron chi connectivity index (χ0n) is 27.9. The number of aromatic nitrogens is 1. The minimum Gasteiger partial charge on any atom is -0.480 e. The maximum atomic E-state index is 14.1. The number of benzene rings is 2. The molecule has 0 radical (unpaired) electrons. The van der Waals surface area contributed by atoms with Gasteiger partial charge in [0.15, 0.2) is 0 Å². The molecule has 8 N–H and O–H groups in total. The van der Waals surface area contributed by atoms with E-state index in [9.17, 15) is 43.4 Å². The summed E-state index contributed by atoms with van der Waals surface area (Å²) >= 11 is 1.04. The number of para-hydroxylation sites is 1. The number of thioether (sulfide) groups is 1. The van der Waals surface area contributed by atoms with Crippen molar-refractivity contribution in [1.82, 2.24) is 31.6 Å². The molecule has 16 heteroatoms. The van der Waals surface area contributed by atoms with Crippen LogP contribution in [0, 0.1) is 11.7 Å². The highest BCUT2D eigenvalue weighted by molar-refractivity contribution is 7.99. The molecule has 6 atom stereocenters. The van der Waals surface area contributed by atoms with Crippen LogP contribution < -0.4 is 26.6 Å². The molecule has 14 nitrogen and oxygen atoms in total. The normalized spacial score (nSPS) is 23.4. The molecule has 2 aromatic carbocycles. The number of aliphatic hydroxyl groups is 1. The van der Waals surface area contributed by atoms with Gasteiger partial charge in [-0.1, -0.05) is 32.0 Å². The molecular weight excluding hydrogens is 671 g/mol. The minimum absolute atomic E-state index is 0.0824. The largest absolute Gasteiger partial charge is 0.480 e. The molecule has 1 aliphatic rings. The van der Waals surface area contributed by atoms with Gasteiger partial charge in [0.05, 0.1) is 11.1 Å². The highest BCUT2D eigenvalue weighted by Gasteiger charge is 2.34.